The summed E-state index contributed by atoms with van der Waals surface area (Å²) in [6.07, 6.45) is 0. The van der Waals surface area contributed by atoms with Crippen molar-refractivity contribution >= 4 is 34.9 Å². The van der Waals surface area contributed by atoms with Crippen molar-refractivity contribution in [2.24, 2.45) is 0 Å². The van der Waals surface area contributed by atoms with Crippen LogP contribution in [0, 0.1) is 20.2 Å². The zero-order chi connectivity index (χ0) is 33.8. The molecule has 0 radical (unpaired) electrons. The highest BCUT2D eigenvalue weighted by atomic mass is 32.2. The third-order valence-electron chi connectivity index (χ3n) is 7.58. The van der Waals surface area contributed by atoms with Gasteiger partial charge in [-0.15, -0.1) is 23.5 Å². The molecule has 0 amide bonds. The van der Waals surface area contributed by atoms with Gasteiger partial charge in [0.2, 0.25) is 0 Å². The molecule has 0 aliphatic rings. The number of non-ortho nitro benzene ring substituents is 2. The molecule has 0 heterocycles. The Morgan fingerprint density at radius 3 is 1.34 bits per heavy atom. The fourth-order valence-corrected chi connectivity index (χ4v) is 6.63. The Balaban J connectivity index is 1.40. The van der Waals surface area contributed by atoms with Crippen LogP contribution >= 0.6 is 23.5 Å². The van der Waals surface area contributed by atoms with Crippen molar-refractivity contribution in [2.75, 3.05) is 25.0 Å². The van der Waals surface area contributed by atoms with Crippen LogP contribution in [0.4, 0.5) is 11.4 Å². The van der Waals surface area contributed by atoms with E-state index in [-0.39, 0.29) is 35.0 Å². The van der Waals surface area contributed by atoms with E-state index < -0.39 is 9.85 Å². The van der Waals surface area contributed by atoms with E-state index in [4.69, 9.17) is 4.74 Å². The highest BCUT2D eigenvalue weighted by Gasteiger charge is 2.20. The summed E-state index contributed by atoms with van der Waals surface area (Å²) >= 11 is 3.10. The zero-order valence-corrected chi connectivity index (χ0v) is 27.8. The largest absolute Gasteiger partial charge is 0.508 e. The molecule has 0 aromatic heterocycles. The first-order valence-corrected chi connectivity index (χ1v) is 16.9. The first-order valence-electron chi connectivity index (χ1n) is 14.9. The van der Waals surface area contributed by atoms with Gasteiger partial charge < -0.3 is 14.9 Å². The maximum absolute atomic E-state index is 11.0. The van der Waals surface area contributed by atoms with Gasteiger partial charge in [-0.05, 0) is 50.2 Å². The highest BCUT2D eigenvalue weighted by molar-refractivity contribution is 7.99. The monoisotopic (exact) mass is 678 g/mol. The predicted molar refractivity (Wildman–Crippen MR) is 185 cm³/mol. The van der Waals surface area contributed by atoms with Crippen LogP contribution in [0.3, 0.4) is 0 Å². The molecule has 0 saturated heterocycles. The first-order chi connectivity index (χ1) is 22.6. The summed E-state index contributed by atoms with van der Waals surface area (Å²) < 4.78 is 6.27. The Morgan fingerprint density at radius 1 is 0.638 bits per heavy atom. The molecule has 0 saturated carbocycles. The number of hydrogen-bond acceptors (Lipinski definition) is 11. The van der Waals surface area contributed by atoms with Gasteiger partial charge in [0, 0.05) is 82.1 Å². The molecule has 2 unspecified atom stereocenters. The van der Waals surface area contributed by atoms with Crippen molar-refractivity contribution in [2.45, 2.75) is 48.8 Å². The van der Waals surface area contributed by atoms with Crippen molar-refractivity contribution in [3.63, 3.8) is 0 Å². The van der Waals surface area contributed by atoms with Gasteiger partial charge in [0.1, 0.15) is 11.5 Å². The second-order valence-electron chi connectivity index (χ2n) is 11.0. The fraction of sp³-hybridized carbons (Fsp3) is 0.294. The Morgan fingerprint density at radius 2 is 1.00 bits per heavy atom. The molecule has 248 valence electrons. The summed E-state index contributed by atoms with van der Waals surface area (Å²) in [6, 6.07) is 27.2. The van der Waals surface area contributed by atoms with Crippen LogP contribution in [-0.2, 0) is 17.8 Å². The number of benzene rings is 4. The number of aromatic hydroxyl groups is 2. The van der Waals surface area contributed by atoms with Gasteiger partial charge in [0.15, 0.2) is 0 Å². The van der Waals surface area contributed by atoms with Gasteiger partial charge in [0.25, 0.3) is 11.4 Å². The number of nitro benzene ring substituents is 2. The van der Waals surface area contributed by atoms with Crippen LogP contribution < -0.4 is 0 Å². The van der Waals surface area contributed by atoms with Crippen molar-refractivity contribution in [1.82, 2.24) is 9.80 Å². The minimum atomic E-state index is -0.419. The van der Waals surface area contributed by atoms with Gasteiger partial charge in [0.05, 0.1) is 23.1 Å². The van der Waals surface area contributed by atoms with Crippen molar-refractivity contribution in [3.05, 3.63) is 128 Å². The van der Waals surface area contributed by atoms with E-state index in [0.29, 0.717) is 38.1 Å². The van der Waals surface area contributed by atoms with E-state index in [1.165, 1.54) is 24.3 Å². The van der Waals surface area contributed by atoms with E-state index >= 15 is 0 Å². The summed E-state index contributed by atoms with van der Waals surface area (Å²) in [5.74, 6) is 1.56. The SMILES string of the molecule is CC(COCC(C)N(CSc1ccc([N+](=O)[O-])cc1)Cc1ccccc1O)N(CSc1ccc([N+](=O)[O-])cc1)Cc1ccccc1O. The van der Waals surface area contributed by atoms with E-state index in [9.17, 15) is 30.4 Å². The van der Waals surface area contributed by atoms with Crippen molar-refractivity contribution in [1.29, 1.82) is 0 Å². The lowest BCUT2D eigenvalue weighted by Crippen LogP contribution is -2.39. The van der Waals surface area contributed by atoms with Gasteiger partial charge in [-0.1, -0.05) is 36.4 Å². The van der Waals surface area contributed by atoms with E-state index in [0.717, 1.165) is 20.9 Å². The second-order valence-corrected chi connectivity index (χ2v) is 13.1. The van der Waals surface area contributed by atoms with Crippen LogP contribution in [-0.4, -0.2) is 66.9 Å². The molecule has 2 N–H and O–H groups in total. The number of phenols is 2. The minimum absolute atomic E-state index is 0.0338. The smallest absolute Gasteiger partial charge is 0.269 e. The lowest BCUT2D eigenvalue weighted by molar-refractivity contribution is -0.385. The summed E-state index contributed by atoms with van der Waals surface area (Å²) in [5, 5.41) is 43.0. The summed E-state index contributed by atoms with van der Waals surface area (Å²) in [6.45, 7) is 5.92. The molecule has 4 rings (SSSR count). The molecule has 0 fully saturated rings. The lowest BCUT2D eigenvalue weighted by Gasteiger charge is -2.31. The number of ether oxygens (including phenoxy) is 1. The van der Waals surface area contributed by atoms with Crippen LogP contribution in [0.25, 0.3) is 0 Å². The molecule has 4 aromatic rings. The van der Waals surface area contributed by atoms with Crippen LogP contribution in [0.15, 0.2) is 107 Å². The molecular weight excluding hydrogens is 641 g/mol. The average molecular weight is 679 g/mol. The quantitative estimate of drug-likeness (QED) is 0.0467. The van der Waals surface area contributed by atoms with E-state index in [1.807, 2.05) is 24.3 Å². The van der Waals surface area contributed by atoms with Gasteiger partial charge in [-0.2, -0.15) is 0 Å². The molecule has 0 spiro atoms. The van der Waals surface area contributed by atoms with Crippen molar-refractivity contribution < 1.29 is 24.8 Å². The van der Waals surface area contributed by atoms with Gasteiger partial charge in [-0.3, -0.25) is 30.0 Å². The molecule has 13 heteroatoms. The third-order valence-corrected chi connectivity index (χ3v) is 9.72. The number of phenolic OH excluding ortho intramolecular Hbond substituents is 2. The number of thioether (sulfide) groups is 2. The summed E-state index contributed by atoms with van der Waals surface area (Å²) in [5.41, 5.74) is 1.65. The minimum Gasteiger partial charge on any atom is -0.508 e. The van der Waals surface area contributed by atoms with Crippen LogP contribution in [0.5, 0.6) is 11.5 Å². The fourth-order valence-electron chi connectivity index (χ4n) is 4.65. The predicted octanol–water partition coefficient (Wildman–Crippen LogP) is 7.51. The zero-order valence-electron chi connectivity index (χ0n) is 26.2. The Bertz CT molecular complexity index is 1490. The Kier molecular flexibility index (Phi) is 13.4. The van der Waals surface area contributed by atoms with E-state index in [2.05, 4.69) is 23.6 Å². The topological polar surface area (TPSA) is 142 Å². The molecular formula is C34H38N4O7S2. The molecule has 47 heavy (non-hydrogen) atoms. The molecule has 0 aliphatic heterocycles. The Labute approximate surface area is 282 Å². The highest BCUT2D eigenvalue weighted by Crippen LogP contribution is 2.28. The first kappa shape index (κ1) is 35.7. The average Bonchev–Trinajstić information content (AvgIpc) is 3.06. The number of rotatable bonds is 18. The number of para-hydroxylation sites is 2. The summed E-state index contributed by atoms with van der Waals surface area (Å²) in [4.78, 5) is 27.4. The maximum Gasteiger partial charge on any atom is 0.269 e. The number of nitrogens with zero attached hydrogens (tertiary/aromatic N) is 4. The molecule has 0 bridgehead atoms. The van der Waals surface area contributed by atoms with Crippen LogP contribution in [0.1, 0.15) is 25.0 Å². The van der Waals surface area contributed by atoms with Crippen LogP contribution in [0.2, 0.25) is 0 Å². The normalized spacial score (nSPS) is 12.7. The Hall–Kier alpha value is -4.14. The molecule has 2 atom stereocenters. The maximum atomic E-state index is 11.0. The van der Waals surface area contributed by atoms with Gasteiger partial charge in [-0.25, -0.2) is 0 Å². The standard InChI is InChI=1S/C34H38N4O7S2/c1-25(35(19-27-7-3-5-9-33(27)39)23-46-31-15-11-29(12-16-31)37(41)42)21-45-22-26(2)36(20-28-8-4-6-10-34(28)40)24-47-32-17-13-30(14-18-32)38(43)44/h3-18,25-26,39-40H,19-24H2,1-2H3. The second kappa shape index (κ2) is 17.7. The molecule has 0 aliphatic carbocycles. The third kappa shape index (κ3) is 11.0. The number of hydrogen-bond donors (Lipinski definition) is 2. The van der Waals surface area contributed by atoms with Gasteiger partial charge >= 0.3 is 0 Å². The van der Waals surface area contributed by atoms with Crippen molar-refractivity contribution in [3.8, 4) is 11.5 Å². The number of nitro groups is 2. The summed E-state index contributed by atoms with van der Waals surface area (Å²) in [7, 11) is 0. The molecule has 11 nitrogen and oxygen atoms in total. The molecule has 4 aromatic carbocycles. The van der Waals surface area contributed by atoms with E-state index in [1.54, 1.807) is 72.1 Å². The lowest BCUT2D eigenvalue weighted by atomic mass is 10.1.